The van der Waals surface area contributed by atoms with E-state index in [-0.39, 0.29) is 5.82 Å². The van der Waals surface area contributed by atoms with E-state index < -0.39 is 11.7 Å². The number of nitrogens with zero attached hydrogens (tertiary/aromatic N) is 2. The van der Waals surface area contributed by atoms with E-state index >= 15 is 0 Å². The van der Waals surface area contributed by atoms with Crippen molar-refractivity contribution in [1.82, 2.24) is 4.98 Å². The fraction of sp³-hybridized carbons (Fsp3) is 0.214. The number of hydrogen-bond donors (Lipinski definition) is 1. The van der Waals surface area contributed by atoms with Crippen LogP contribution in [0.5, 0.6) is 0 Å². The Labute approximate surface area is 125 Å². The average molecular weight is 316 g/mol. The Hall–Kier alpha value is -1.95. The second-order valence-electron chi connectivity index (χ2n) is 4.61. The second-order valence-corrected chi connectivity index (χ2v) is 5.01. The zero-order valence-corrected chi connectivity index (χ0v) is 11.9. The van der Waals surface area contributed by atoms with E-state index in [2.05, 4.69) is 4.98 Å². The van der Waals surface area contributed by atoms with Crippen molar-refractivity contribution in [2.45, 2.75) is 12.7 Å². The van der Waals surface area contributed by atoms with Crippen molar-refractivity contribution in [2.24, 2.45) is 0 Å². The zero-order valence-electron chi connectivity index (χ0n) is 11.2. The summed E-state index contributed by atoms with van der Waals surface area (Å²) in [7, 11) is 1.64. The van der Waals surface area contributed by atoms with Crippen molar-refractivity contribution in [2.75, 3.05) is 17.7 Å². The standard InChI is InChI=1S/C14H13ClF3N3/c1-21(8-9-6-11(19)2-3-12(9)15)13-7-10(4-5-20-13)14(16,17)18/h2-7H,8,19H2,1H3. The molecule has 0 bridgehead atoms. The van der Waals surface area contributed by atoms with E-state index in [1.807, 2.05) is 0 Å². The van der Waals surface area contributed by atoms with Crippen molar-refractivity contribution in [3.8, 4) is 0 Å². The van der Waals surface area contributed by atoms with Gasteiger partial charge in [0.2, 0.25) is 0 Å². The highest BCUT2D eigenvalue weighted by Gasteiger charge is 2.31. The molecule has 3 nitrogen and oxygen atoms in total. The molecule has 1 heterocycles. The number of pyridine rings is 1. The Balaban J connectivity index is 2.24. The van der Waals surface area contributed by atoms with Gasteiger partial charge in [-0.2, -0.15) is 13.2 Å². The van der Waals surface area contributed by atoms with Gasteiger partial charge < -0.3 is 10.6 Å². The summed E-state index contributed by atoms with van der Waals surface area (Å²) in [6, 6.07) is 6.94. The monoisotopic (exact) mass is 315 g/mol. The molecular weight excluding hydrogens is 303 g/mol. The van der Waals surface area contributed by atoms with Crippen molar-refractivity contribution in [3.63, 3.8) is 0 Å². The maximum absolute atomic E-state index is 12.7. The molecule has 2 aromatic rings. The number of anilines is 2. The molecule has 0 radical (unpaired) electrons. The average Bonchev–Trinajstić information content (AvgIpc) is 2.42. The molecule has 1 aromatic heterocycles. The predicted molar refractivity (Wildman–Crippen MR) is 77.2 cm³/mol. The number of benzene rings is 1. The summed E-state index contributed by atoms with van der Waals surface area (Å²) >= 11 is 6.05. The summed E-state index contributed by atoms with van der Waals surface area (Å²) < 4.78 is 38.1. The lowest BCUT2D eigenvalue weighted by atomic mass is 10.2. The van der Waals surface area contributed by atoms with Gasteiger partial charge >= 0.3 is 6.18 Å². The largest absolute Gasteiger partial charge is 0.416 e. The van der Waals surface area contributed by atoms with E-state index in [0.29, 0.717) is 17.3 Å². The fourth-order valence-corrected chi connectivity index (χ4v) is 2.03. The van der Waals surface area contributed by atoms with Gasteiger partial charge in [0.1, 0.15) is 5.82 Å². The molecule has 0 saturated carbocycles. The summed E-state index contributed by atoms with van der Waals surface area (Å²) in [6.45, 7) is 0.304. The summed E-state index contributed by atoms with van der Waals surface area (Å²) in [5.74, 6) is 0.211. The third-order valence-corrected chi connectivity index (χ3v) is 3.31. The summed E-state index contributed by atoms with van der Waals surface area (Å²) in [5, 5.41) is 0.503. The highest BCUT2D eigenvalue weighted by molar-refractivity contribution is 6.31. The lowest BCUT2D eigenvalue weighted by Gasteiger charge is -2.20. The second kappa shape index (κ2) is 5.81. The molecule has 0 unspecified atom stereocenters. The van der Waals surface area contributed by atoms with Crippen LogP contribution in [0.1, 0.15) is 11.1 Å². The third-order valence-electron chi connectivity index (χ3n) is 2.94. The smallest absolute Gasteiger partial charge is 0.399 e. The van der Waals surface area contributed by atoms with Gasteiger partial charge in [-0.15, -0.1) is 0 Å². The molecular formula is C14H13ClF3N3. The van der Waals surface area contributed by atoms with Crippen LogP contribution in [-0.4, -0.2) is 12.0 Å². The molecule has 0 atom stereocenters. The first kappa shape index (κ1) is 15.4. The summed E-state index contributed by atoms with van der Waals surface area (Å²) in [5.41, 5.74) is 6.21. The van der Waals surface area contributed by atoms with Crippen LogP contribution >= 0.6 is 11.6 Å². The number of alkyl halides is 3. The SMILES string of the molecule is CN(Cc1cc(N)ccc1Cl)c1cc(C(F)(F)F)ccn1. The molecule has 0 saturated heterocycles. The van der Waals surface area contributed by atoms with Crippen LogP contribution in [-0.2, 0) is 12.7 Å². The lowest BCUT2D eigenvalue weighted by molar-refractivity contribution is -0.137. The Morgan fingerprint density at radius 2 is 1.95 bits per heavy atom. The van der Waals surface area contributed by atoms with Crippen molar-refractivity contribution >= 4 is 23.1 Å². The molecule has 0 aliphatic heterocycles. The molecule has 0 aliphatic rings. The van der Waals surface area contributed by atoms with Gasteiger partial charge in [-0.3, -0.25) is 0 Å². The first-order chi connectivity index (χ1) is 9.77. The van der Waals surface area contributed by atoms with Gasteiger partial charge in [-0.25, -0.2) is 4.98 Å². The maximum Gasteiger partial charge on any atom is 0.416 e. The van der Waals surface area contributed by atoms with E-state index in [1.165, 1.54) is 0 Å². The Morgan fingerprint density at radius 1 is 1.24 bits per heavy atom. The van der Waals surface area contributed by atoms with Gasteiger partial charge in [0.25, 0.3) is 0 Å². The predicted octanol–water partition coefficient (Wildman–Crippen LogP) is 3.97. The third kappa shape index (κ3) is 3.78. The number of halogens is 4. The molecule has 0 aliphatic carbocycles. The Morgan fingerprint density at radius 3 is 2.62 bits per heavy atom. The number of nitrogen functional groups attached to an aromatic ring is 1. The van der Waals surface area contributed by atoms with Gasteiger partial charge in [0, 0.05) is 30.5 Å². The lowest BCUT2D eigenvalue weighted by Crippen LogP contribution is -2.19. The van der Waals surface area contributed by atoms with E-state index in [9.17, 15) is 13.2 Å². The van der Waals surface area contributed by atoms with Crippen LogP contribution in [0, 0.1) is 0 Å². The van der Waals surface area contributed by atoms with Crippen LogP contribution < -0.4 is 10.6 Å². The van der Waals surface area contributed by atoms with Crippen LogP contribution in [0.25, 0.3) is 0 Å². The Bertz CT molecular complexity index is 644. The van der Waals surface area contributed by atoms with E-state index in [1.54, 1.807) is 30.1 Å². The first-order valence-electron chi connectivity index (χ1n) is 6.05. The van der Waals surface area contributed by atoms with Gasteiger partial charge in [-0.05, 0) is 35.9 Å². The van der Waals surface area contributed by atoms with Crippen LogP contribution in [0.3, 0.4) is 0 Å². The number of aromatic nitrogens is 1. The molecule has 2 rings (SSSR count). The summed E-state index contributed by atoms with van der Waals surface area (Å²) in [4.78, 5) is 5.53. The van der Waals surface area contributed by atoms with Crippen LogP contribution in [0.4, 0.5) is 24.7 Å². The number of nitrogens with two attached hydrogens (primary N) is 1. The molecule has 1 aromatic carbocycles. The fourth-order valence-electron chi connectivity index (χ4n) is 1.86. The van der Waals surface area contributed by atoms with Crippen molar-refractivity contribution in [3.05, 3.63) is 52.7 Å². The molecule has 112 valence electrons. The molecule has 0 fully saturated rings. The molecule has 21 heavy (non-hydrogen) atoms. The van der Waals surface area contributed by atoms with Crippen molar-refractivity contribution < 1.29 is 13.2 Å². The first-order valence-corrected chi connectivity index (χ1v) is 6.43. The minimum atomic E-state index is -4.40. The molecule has 0 spiro atoms. The highest BCUT2D eigenvalue weighted by Crippen LogP contribution is 2.31. The van der Waals surface area contributed by atoms with Crippen LogP contribution in [0.15, 0.2) is 36.5 Å². The minimum absolute atomic E-state index is 0.211. The van der Waals surface area contributed by atoms with E-state index in [0.717, 1.165) is 23.9 Å². The normalized spacial score (nSPS) is 11.5. The molecule has 0 amide bonds. The van der Waals surface area contributed by atoms with Gasteiger partial charge in [0.15, 0.2) is 0 Å². The Kier molecular flexibility index (Phi) is 4.27. The topological polar surface area (TPSA) is 42.1 Å². The number of hydrogen-bond acceptors (Lipinski definition) is 3. The minimum Gasteiger partial charge on any atom is -0.399 e. The maximum atomic E-state index is 12.7. The van der Waals surface area contributed by atoms with E-state index in [4.69, 9.17) is 17.3 Å². The summed E-state index contributed by atoms with van der Waals surface area (Å²) in [6.07, 6.45) is -3.26. The van der Waals surface area contributed by atoms with Crippen LogP contribution in [0.2, 0.25) is 5.02 Å². The zero-order chi connectivity index (χ0) is 15.6. The van der Waals surface area contributed by atoms with Gasteiger partial charge in [0.05, 0.1) is 5.56 Å². The molecule has 2 N–H and O–H groups in total. The van der Waals surface area contributed by atoms with Crippen molar-refractivity contribution in [1.29, 1.82) is 0 Å². The molecule has 7 heteroatoms. The highest BCUT2D eigenvalue weighted by atomic mass is 35.5. The number of rotatable bonds is 3. The quantitative estimate of drug-likeness (QED) is 0.871. The van der Waals surface area contributed by atoms with Gasteiger partial charge in [-0.1, -0.05) is 11.6 Å².